The van der Waals surface area contributed by atoms with Gasteiger partial charge in [0.15, 0.2) is 0 Å². The molecule has 6 heteroatoms. The third-order valence-electron chi connectivity index (χ3n) is 8.00. The Bertz CT molecular complexity index is 1210. The molecule has 188 valence electrons. The SMILES string of the molecule is CCOC[C@@]1(O)CC[C@@]2(Cc3ccccc3)c3ccc(Oc4ccc(C(N)=O)cn4)cc3CC[C@@H]2C1. The molecule has 6 nitrogen and oxygen atoms in total. The largest absolute Gasteiger partial charge is 0.439 e. The molecule has 1 fully saturated rings. The number of amides is 1. The predicted molar refractivity (Wildman–Crippen MR) is 138 cm³/mol. The maximum absolute atomic E-state index is 11.4. The minimum absolute atomic E-state index is 0.0344. The molecule has 0 radical (unpaired) electrons. The van der Waals surface area contributed by atoms with Crippen molar-refractivity contribution in [3.63, 3.8) is 0 Å². The van der Waals surface area contributed by atoms with Crippen LogP contribution in [0.25, 0.3) is 0 Å². The highest BCUT2D eigenvalue weighted by Crippen LogP contribution is 2.54. The minimum Gasteiger partial charge on any atom is -0.439 e. The molecule has 0 unspecified atom stereocenters. The van der Waals surface area contributed by atoms with Gasteiger partial charge in [0.2, 0.25) is 11.8 Å². The molecule has 0 spiro atoms. The van der Waals surface area contributed by atoms with E-state index in [1.165, 1.54) is 22.9 Å². The van der Waals surface area contributed by atoms with Crippen molar-refractivity contribution in [1.29, 1.82) is 0 Å². The van der Waals surface area contributed by atoms with Crippen LogP contribution in [0.3, 0.4) is 0 Å². The first-order valence-corrected chi connectivity index (χ1v) is 12.8. The topological polar surface area (TPSA) is 94.7 Å². The summed E-state index contributed by atoms with van der Waals surface area (Å²) in [6.45, 7) is 3.00. The number of rotatable bonds is 8. The average molecular weight is 487 g/mol. The van der Waals surface area contributed by atoms with Crippen LogP contribution < -0.4 is 10.5 Å². The van der Waals surface area contributed by atoms with Crippen molar-refractivity contribution in [3.05, 3.63) is 89.1 Å². The summed E-state index contributed by atoms with van der Waals surface area (Å²) in [6.07, 6.45) is 6.74. The van der Waals surface area contributed by atoms with Gasteiger partial charge in [-0.2, -0.15) is 0 Å². The molecule has 1 heterocycles. The Hall–Kier alpha value is -3.22. The van der Waals surface area contributed by atoms with Crippen molar-refractivity contribution in [3.8, 4) is 11.6 Å². The second-order valence-corrected chi connectivity index (χ2v) is 10.3. The normalized spacial score (nSPS) is 25.0. The van der Waals surface area contributed by atoms with E-state index in [1.807, 2.05) is 13.0 Å². The Morgan fingerprint density at radius 2 is 1.97 bits per heavy atom. The van der Waals surface area contributed by atoms with Crippen LogP contribution in [0.15, 0.2) is 66.9 Å². The minimum atomic E-state index is -0.760. The van der Waals surface area contributed by atoms with Crippen LogP contribution in [0, 0.1) is 5.92 Å². The van der Waals surface area contributed by atoms with Gasteiger partial charge in [0, 0.05) is 24.3 Å². The molecule has 36 heavy (non-hydrogen) atoms. The summed E-state index contributed by atoms with van der Waals surface area (Å²) in [6, 6.07) is 20.3. The highest BCUT2D eigenvalue weighted by molar-refractivity contribution is 5.92. The molecular formula is C30H34N2O4. The van der Waals surface area contributed by atoms with Crippen molar-refractivity contribution in [2.75, 3.05) is 13.2 Å². The Morgan fingerprint density at radius 1 is 1.14 bits per heavy atom. The number of hydrogen-bond acceptors (Lipinski definition) is 5. The van der Waals surface area contributed by atoms with Gasteiger partial charge in [-0.25, -0.2) is 4.98 Å². The average Bonchev–Trinajstić information content (AvgIpc) is 2.89. The number of carbonyl (C=O) groups excluding carboxylic acids is 1. The van der Waals surface area contributed by atoms with Gasteiger partial charge in [0.05, 0.1) is 17.8 Å². The molecular weight excluding hydrogens is 452 g/mol. The molecule has 1 saturated carbocycles. The first-order valence-electron chi connectivity index (χ1n) is 12.8. The zero-order chi connectivity index (χ0) is 25.2. The zero-order valence-corrected chi connectivity index (χ0v) is 20.8. The molecule has 2 aliphatic rings. The van der Waals surface area contributed by atoms with Crippen LogP contribution in [-0.2, 0) is 23.0 Å². The smallest absolute Gasteiger partial charge is 0.250 e. The number of fused-ring (bicyclic) bond motifs is 3. The third kappa shape index (κ3) is 4.88. The van der Waals surface area contributed by atoms with E-state index >= 15 is 0 Å². The maximum atomic E-state index is 11.4. The number of aliphatic hydroxyl groups is 1. The zero-order valence-electron chi connectivity index (χ0n) is 20.8. The van der Waals surface area contributed by atoms with E-state index in [1.54, 1.807) is 12.1 Å². The number of hydrogen-bond donors (Lipinski definition) is 2. The lowest BCUT2D eigenvalue weighted by Crippen LogP contribution is -2.52. The molecule has 0 saturated heterocycles. The van der Waals surface area contributed by atoms with Gasteiger partial charge in [-0.05, 0) is 86.3 Å². The van der Waals surface area contributed by atoms with E-state index in [-0.39, 0.29) is 5.41 Å². The number of primary amides is 1. The van der Waals surface area contributed by atoms with Gasteiger partial charge in [0.1, 0.15) is 5.75 Å². The predicted octanol–water partition coefficient (Wildman–Crippen LogP) is 4.97. The first kappa shape index (κ1) is 24.5. The molecule has 0 aliphatic heterocycles. The van der Waals surface area contributed by atoms with Gasteiger partial charge in [-0.3, -0.25) is 4.79 Å². The summed E-state index contributed by atoms with van der Waals surface area (Å²) < 4.78 is 11.7. The highest BCUT2D eigenvalue weighted by Gasteiger charge is 2.51. The summed E-state index contributed by atoms with van der Waals surface area (Å²) in [4.78, 5) is 15.5. The quantitative estimate of drug-likeness (QED) is 0.469. The monoisotopic (exact) mass is 486 g/mol. The number of pyridine rings is 1. The molecule has 1 aromatic heterocycles. The number of nitrogens with two attached hydrogens (primary N) is 1. The lowest BCUT2D eigenvalue weighted by Gasteiger charge is -2.53. The number of ether oxygens (including phenoxy) is 2. The summed E-state index contributed by atoms with van der Waals surface area (Å²) in [7, 11) is 0. The van der Waals surface area contributed by atoms with E-state index in [9.17, 15) is 9.90 Å². The van der Waals surface area contributed by atoms with Crippen molar-refractivity contribution in [2.45, 2.75) is 56.5 Å². The third-order valence-corrected chi connectivity index (χ3v) is 8.00. The second kappa shape index (κ2) is 10.0. The lowest BCUT2D eigenvalue weighted by molar-refractivity contribution is -0.0990. The van der Waals surface area contributed by atoms with Crippen LogP contribution in [-0.4, -0.2) is 34.8 Å². The number of aryl methyl sites for hydroxylation is 1. The van der Waals surface area contributed by atoms with Gasteiger partial charge in [-0.1, -0.05) is 36.4 Å². The van der Waals surface area contributed by atoms with E-state index < -0.39 is 11.5 Å². The van der Waals surface area contributed by atoms with Gasteiger partial charge >= 0.3 is 0 Å². The summed E-state index contributed by atoms with van der Waals surface area (Å²) >= 11 is 0. The fourth-order valence-electron chi connectivity index (χ4n) is 6.22. The van der Waals surface area contributed by atoms with Crippen molar-refractivity contribution >= 4 is 5.91 Å². The molecule has 3 aromatic rings. The molecule has 2 aliphatic carbocycles. The van der Waals surface area contributed by atoms with Crippen LogP contribution in [0.1, 0.15) is 59.7 Å². The fourth-order valence-corrected chi connectivity index (χ4v) is 6.22. The Balaban J connectivity index is 1.45. The molecule has 3 N–H and O–H groups in total. The van der Waals surface area contributed by atoms with Crippen LogP contribution in [0.2, 0.25) is 0 Å². The van der Waals surface area contributed by atoms with Crippen LogP contribution in [0.5, 0.6) is 11.6 Å². The molecule has 0 bridgehead atoms. The van der Waals surface area contributed by atoms with E-state index in [0.717, 1.165) is 44.3 Å². The number of carbonyl (C=O) groups is 1. The van der Waals surface area contributed by atoms with Gasteiger partial charge < -0.3 is 20.3 Å². The summed E-state index contributed by atoms with van der Waals surface area (Å²) in [5.74, 6) is 1.01. The van der Waals surface area contributed by atoms with Crippen LogP contribution >= 0.6 is 0 Å². The second-order valence-electron chi connectivity index (χ2n) is 10.3. The Labute approximate surface area is 212 Å². The summed E-state index contributed by atoms with van der Waals surface area (Å²) in [5.41, 5.74) is 8.85. The molecule has 2 aromatic carbocycles. The molecule has 5 rings (SSSR count). The Kier molecular flexibility index (Phi) is 6.82. The Morgan fingerprint density at radius 3 is 2.69 bits per heavy atom. The standard InChI is InChI=1S/C30H34N2O4/c1-2-35-20-29(34)14-15-30(17-21-6-4-3-5-7-21)24(18-29)10-8-22-16-25(11-12-26(22)30)36-27-13-9-23(19-32-27)28(31)33/h3-7,9,11-13,16,19,24,34H,2,8,10,14-15,17-18,20H2,1H3,(H2,31,33)/t24-,29-,30+/m1/s1. The molecule has 3 atom stereocenters. The van der Waals surface area contributed by atoms with Gasteiger partial charge in [0.25, 0.3) is 0 Å². The van der Waals surface area contributed by atoms with E-state index in [4.69, 9.17) is 15.2 Å². The van der Waals surface area contributed by atoms with Gasteiger partial charge in [-0.15, -0.1) is 0 Å². The molecule has 1 amide bonds. The maximum Gasteiger partial charge on any atom is 0.250 e. The van der Waals surface area contributed by atoms with Crippen molar-refractivity contribution in [1.82, 2.24) is 4.98 Å². The van der Waals surface area contributed by atoms with E-state index in [0.29, 0.717) is 30.6 Å². The number of benzene rings is 2. The fraction of sp³-hybridized carbons (Fsp3) is 0.400. The lowest BCUT2D eigenvalue weighted by atomic mass is 9.52. The summed E-state index contributed by atoms with van der Waals surface area (Å²) in [5, 5.41) is 11.4. The first-order chi connectivity index (χ1) is 17.4. The van der Waals surface area contributed by atoms with Crippen molar-refractivity contribution < 1.29 is 19.4 Å². The van der Waals surface area contributed by atoms with E-state index in [2.05, 4.69) is 47.4 Å². The van der Waals surface area contributed by atoms with Crippen LogP contribution in [0.4, 0.5) is 0 Å². The van der Waals surface area contributed by atoms with Crippen molar-refractivity contribution in [2.24, 2.45) is 11.7 Å². The highest BCUT2D eigenvalue weighted by atomic mass is 16.5. The number of nitrogens with zero attached hydrogens (tertiary/aromatic N) is 1. The number of aromatic nitrogens is 1.